The largest absolute Gasteiger partial charge is 0.439 e. The minimum absolute atomic E-state index is 0.0248. The number of amides is 1. The third-order valence-electron chi connectivity index (χ3n) is 3.24. The Bertz CT molecular complexity index is 448. The molecular weight excluding hydrogens is 266 g/mol. The molecule has 0 spiro atoms. The van der Waals surface area contributed by atoms with Crippen LogP contribution in [0.4, 0.5) is 4.79 Å². The van der Waals surface area contributed by atoms with E-state index in [1.54, 1.807) is 17.0 Å². The number of hydrogen-bond donors (Lipinski definition) is 1. The number of aliphatic hydroxyl groups is 1. The van der Waals surface area contributed by atoms with E-state index >= 15 is 0 Å². The molecule has 1 rings (SSSR count). The standard InChI is InChI=1S/C17H25NO3/c1-6-15(16(19)14-10-8-7-9-11-14)21-17(20)18(12(2)3)13(4)5/h6-13,15-16,19H,1H2,2-5H3. The molecule has 0 saturated heterocycles. The summed E-state index contributed by atoms with van der Waals surface area (Å²) in [6.45, 7) is 11.4. The highest BCUT2D eigenvalue weighted by molar-refractivity contribution is 5.68. The highest BCUT2D eigenvalue weighted by atomic mass is 16.6. The molecule has 1 N–H and O–H groups in total. The van der Waals surface area contributed by atoms with Crippen molar-refractivity contribution < 1.29 is 14.6 Å². The van der Waals surface area contributed by atoms with Gasteiger partial charge in [-0.05, 0) is 39.3 Å². The molecule has 2 atom stereocenters. The third-order valence-corrected chi connectivity index (χ3v) is 3.24. The van der Waals surface area contributed by atoms with Crippen molar-refractivity contribution in [3.63, 3.8) is 0 Å². The molecule has 0 aliphatic rings. The van der Waals surface area contributed by atoms with E-state index in [4.69, 9.17) is 4.74 Å². The predicted octanol–water partition coefficient (Wildman–Crippen LogP) is 3.53. The van der Waals surface area contributed by atoms with Gasteiger partial charge in [-0.25, -0.2) is 4.79 Å². The molecular formula is C17H25NO3. The van der Waals surface area contributed by atoms with Crippen LogP contribution in [0.3, 0.4) is 0 Å². The Morgan fingerprint density at radius 2 is 1.71 bits per heavy atom. The summed E-state index contributed by atoms with van der Waals surface area (Å²) in [5.74, 6) is 0. The van der Waals surface area contributed by atoms with Gasteiger partial charge in [0.2, 0.25) is 0 Å². The summed E-state index contributed by atoms with van der Waals surface area (Å²) in [4.78, 5) is 13.9. The van der Waals surface area contributed by atoms with E-state index in [9.17, 15) is 9.90 Å². The van der Waals surface area contributed by atoms with Crippen LogP contribution < -0.4 is 0 Å². The van der Waals surface area contributed by atoms with E-state index in [2.05, 4.69) is 6.58 Å². The molecule has 4 heteroatoms. The van der Waals surface area contributed by atoms with Gasteiger partial charge in [-0.3, -0.25) is 0 Å². The predicted molar refractivity (Wildman–Crippen MR) is 84.0 cm³/mol. The molecule has 0 fully saturated rings. The fourth-order valence-corrected chi connectivity index (χ4v) is 2.28. The summed E-state index contributed by atoms with van der Waals surface area (Å²) in [5.41, 5.74) is 0.691. The van der Waals surface area contributed by atoms with E-state index < -0.39 is 18.3 Å². The molecule has 116 valence electrons. The number of nitrogens with zero attached hydrogens (tertiary/aromatic N) is 1. The number of ether oxygens (including phenoxy) is 1. The molecule has 1 aromatic rings. The lowest BCUT2D eigenvalue weighted by molar-refractivity contribution is 0.00201. The minimum atomic E-state index is -0.922. The van der Waals surface area contributed by atoms with Crippen LogP contribution in [0.5, 0.6) is 0 Å². The molecule has 21 heavy (non-hydrogen) atoms. The van der Waals surface area contributed by atoms with Gasteiger partial charge in [0, 0.05) is 12.1 Å². The first-order valence-corrected chi connectivity index (χ1v) is 7.23. The molecule has 0 radical (unpaired) electrons. The second-order valence-electron chi connectivity index (χ2n) is 5.53. The summed E-state index contributed by atoms with van der Waals surface area (Å²) in [6, 6.07) is 9.15. The van der Waals surface area contributed by atoms with E-state index in [0.717, 1.165) is 0 Å². The monoisotopic (exact) mass is 291 g/mol. The van der Waals surface area contributed by atoms with Gasteiger partial charge in [0.15, 0.2) is 6.10 Å². The van der Waals surface area contributed by atoms with Gasteiger partial charge in [0.1, 0.15) is 6.10 Å². The highest BCUT2D eigenvalue weighted by Crippen LogP contribution is 2.21. The van der Waals surface area contributed by atoms with Crippen LogP contribution in [-0.2, 0) is 4.74 Å². The molecule has 0 saturated carbocycles. The molecule has 0 heterocycles. The number of carbonyl (C=O) groups excluding carboxylic acids is 1. The van der Waals surface area contributed by atoms with Gasteiger partial charge in [-0.1, -0.05) is 36.9 Å². The van der Waals surface area contributed by atoms with Gasteiger partial charge in [0.25, 0.3) is 0 Å². The maximum absolute atomic E-state index is 12.3. The van der Waals surface area contributed by atoms with Gasteiger partial charge in [-0.15, -0.1) is 0 Å². The average molecular weight is 291 g/mol. The zero-order valence-corrected chi connectivity index (χ0v) is 13.2. The summed E-state index contributed by atoms with van der Waals surface area (Å²) < 4.78 is 5.42. The number of benzene rings is 1. The second kappa shape index (κ2) is 7.84. The molecule has 2 unspecified atom stereocenters. The number of carbonyl (C=O) groups is 1. The van der Waals surface area contributed by atoms with E-state index in [0.29, 0.717) is 5.56 Å². The topological polar surface area (TPSA) is 49.8 Å². The van der Waals surface area contributed by atoms with Gasteiger partial charge < -0.3 is 14.7 Å². The van der Waals surface area contributed by atoms with E-state index in [-0.39, 0.29) is 12.1 Å². The molecule has 0 bridgehead atoms. The van der Waals surface area contributed by atoms with Crippen molar-refractivity contribution in [2.75, 3.05) is 0 Å². The van der Waals surface area contributed by atoms with Crippen molar-refractivity contribution in [3.05, 3.63) is 48.6 Å². The summed E-state index contributed by atoms with van der Waals surface area (Å²) >= 11 is 0. The van der Waals surface area contributed by atoms with Crippen molar-refractivity contribution in [2.45, 2.75) is 52.0 Å². The number of hydrogen-bond acceptors (Lipinski definition) is 3. The van der Waals surface area contributed by atoms with Crippen LogP contribution in [0.1, 0.15) is 39.4 Å². The lowest BCUT2D eigenvalue weighted by Gasteiger charge is -2.32. The van der Waals surface area contributed by atoms with Crippen molar-refractivity contribution in [1.82, 2.24) is 4.90 Å². The Kier molecular flexibility index (Phi) is 6.43. The van der Waals surface area contributed by atoms with Gasteiger partial charge in [0.05, 0.1) is 0 Å². The van der Waals surface area contributed by atoms with Crippen molar-refractivity contribution in [3.8, 4) is 0 Å². The number of rotatable bonds is 6. The van der Waals surface area contributed by atoms with Crippen LogP contribution in [0, 0.1) is 0 Å². The quantitative estimate of drug-likeness (QED) is 0.816. The summed E-state index contributed by atoms with van der Waals surface area (Å²) in [7, 11) is 0. The summed E-state index contributed by atoms with van der Waals surface area (Å²) in [5, 5.41) is 10.3. The zero-order valence-electron chi connectivity index (χ0n) is 13.2. The Balaban J connectivity index is 2.82. The molecule has 0 aliphatic heterocycles. The van der Waals surface area contributed by atoms with Gasteiger partial charge >= 0.3 is 6.09 Å². The van der Waals surface area contributed by atoms with Gasteiger partial charge in [-0.2, -0.15) is 0 Å². The Hall–Kier alpha value is -1.81. The van der Waals surface area contributed by atoms with Crippen LogP contribution in [-0.4, -0.2) is 34.3 Å². The smallest absolute Gasteiger partial charge is 0.410 e. The first-order chi connectivity index (χ1) is 9.88. The number of aliphatic hydroxyl groups excluding tert-OH is 1. The maximum atomic E-state index is 12.3. The first kappa shape index (κ1) is 17.2. The lowest BCUT2D eigenvalue weighted by atomic mass is 10.0. The van der Waals surface area contributed by atoms with Crippen molar-refractivity contribution in [2.24, 2.45) is 0 Å². The Morgan fingerprint density at radius 1 is 1.19 bits per heavy atom. The van der Waals surface area contributed by atoms with Crippen LogP contribution >= 0.6 is 0 Å². The SMILES string of the molecule is C=CC(OC(=O)N(C(C)C)C(C)C)C(O)c1ccccc1. The lowest BCUT2D eigenvalue weighted by Crippen LogP contribution is -2.44. The fraction of sp³-hybridized carbons (Fsp3) is 0.471. The molecule has 0 aromatic heterocycles. The van der Waals surface area contributed by atoms with Crippen LogP contribution in [0.2, 0.25) is 0 Å². The van der Waals surface area contributed by atoms with Crippen molar-refractivity contribution >= 4 is 6.09 Å². The first-order valence-electron chi connectivity index (χ1n) is 7.23. The van der Waals surface area contributed by atoms with Crippen molar-refractivity contribution in [1.29, 1.82) is 0 Å². The third kappa shape index (κ3) is 4.60. The molecule has 4 nitrogen and oxygen atoms in total. The Labute approximate surface area is 127 Å². The Morgan fingerprint density at radius 3 is 2.14 bits per heavy atom. The fourth-order valence-electron chi connectivity index (χ4n) is 2.28. The summed E-state index contributed by atoms with van der Waals surface area (Å²) in [6.07, 6.45) is -0.692. The zero-order chi connectivity index (χ0) is 16.0. The second-order valence-corrected chi connectivity index (χ2v) is 5.53. The highest BCUT2D eigenvalue weighted by Gasteiger charge is 2.27. The van der Waals surface area contributed by atoms with Crippen LogP contribution in [0.25, 0.3) is 0 Å². The molecule has 1 amide bonds. The van der Waals surface area contributed by atoms with E-state index in [1.165, 1.54) is 6.08 Å². The molecule has 1 aromatic carbocycles. The maximum Gasteiger partial charge on any atom is 0.410 e. The van der Waals surface area contributed by atoms with Crippen LogP contribution in [0.15, 0.2) is 43.0 Å². The average Bonchev–Trinajstić information content (AvgIpc) is 2.44. The molecule has 0 aliphatic carbocycles. The minimum Gasteiger partial charge on any atom is -0.439 e. The normalized spacial score (nSPS) is 13.9. The van der Waals surface area contributed by atoms with E-state index in [1.807, 2.05) is 45.9 Å².